The Bertz CT molecular complexity index is 1080. The van der Waals surface area contributed by atoms with Gasteiger partial charge in [0.05, 0.1) is 5.57 Å². The normalized spacial score (nSPS) is 24.3. The first-order chi connectivity index (χ1) is 14.4. The fourth-order valence-corrected chi connectivity index (χ4v) is 4.61. The summed E-state index contributed by atoms with van der Waals surface area (Å²) in [6, 6.07) is 0. The summed E-state index contributed by atoms with van der Waals surface area (Å²) in [5.74, 6) is -2.38. The number of aliphatic hydroxyl groups is 1. The van der Waals surface area contributed by atoms with Crippen LogP contribution in [0, 0.1) is 5.41 Å². The molecule has 7 nitrogen and oxygen atoms in total. The Morgan fingerprint density at radius 3 is 2.35 bits per heavy atom. The number of Topliss-reactive ketones (excluding diaryl/α,β-unsaturated/α-hetero) is 2. The number of ketones is 2. The van der Waals surface area contributed by atoms with Gasteiger partial charge in [-0.2, -0.15) is 0 Å². The summed E-state index contributed by atoms with van der Waals surface area (Å²) in [5.41, 5.74) is 2.04. The Balaban J connectivity index is 2.22. The Morgan fingerprint density at radius 1 is 1.13 bits per heavy atom. The zero-order valence-electron chi connectivity index (χ0n) is 18.5. The molecule has 0 aliphatic heterocycles. The largest absolute Gasteiger partial charge is 0.504 e. The van der Waals surface area contributed by atoms with Crippen molar-refractivity contribution in [2.24, 2.45) is 5.41 Å². The highest BCUT2D eigenvalue weighted by Crippen LogP contribution is 2.55. The Labute approximate surface area is 180 Å². The molecule has 3 aliphatic rings. The highest BCUT2D eigenvalue weighted by molar-refractivity contribution is 6.11. The fourth-order valence-electron chi connectivity index (χ4n) is 4.61. The van der Waals surface area contributed by atoms with Gasteiger partial charge in [-0.3, -0.25) is 19.2 Å². The van der Waals surface area contributed by atoms with E-state index in [1.54, 1.807) is 26.8 Å². The van der Waals surface area contributed by atoms with Gasteiger partial charge in [-0.1, -0.05) is 19.1 Å². The monoisotopic (exact) mass is 426 g/mol. The van der Waals surface area contributed by atoms with Crippen LogP contribution in [0.25, 0.3) is 0 Å². The average Bonchev–Trinajstić information content (AvgIpc) is 2.65. The van der Waals surface area contributed by atoms with Crippen LogP contribution in [-0.4, -0.2) is 34.7 Å². The molecular weight excluding hydrogens is 400 g/mol. The average molecular weight is 426 g/mol. The molecule has 0 unspecified atom stereocenters. The minimum Gasteiger partial charge on any atom is -0.504 e. The molecule has 0 bridgehead atoms. The molecule has 0 spiro atoms. The van der Waals surface area contributed by atoms with E-state index in [0.717, 1.165) is 11.1 Å². The Kier molecular flexibility index (Phi) is 5.65. The van der Waals surface area contributed by atoms with Crippen LogP contribution < -0.4 is 0 Å². The summed E-state index contributed by atoms with van der Waals surface area (Å²) in [5, 5.41) is 11.0. The number of rotatable bonds is 4. The molecule has 164 valence electrons. The number of ether oxygens (including phenoxy) is 2. The van der Waals surface area contributed by atoms with Crippen molar-refractivity contribution < 1.29 is 33.8 Å². The number of hydrogen-bond acceptors (Lipinski definition) is 7. The van der Waals surface area contributed by atoms with Crippen LogP contribution in [0.4, 0.5) is 0 Å². The molecule has 2 atom stereocenters. The maximum atomic E-state index is 13.2. The SMILES string of the molecule is CC(=O)OC1=C(C[C@@H](C)OC(C)=O)C(=O)C(O)=C2C1=CC=C1C(C)=C(C)C(=O)C[C@@]12C. The summed E-state index contributed by atoms with van der Waals surface area (Å²) >= 11 is 0. The molecule has 3 rings (SSSR count). The highest BCUT2D eigenvalue weighted by Gasteiger charge is 2.49. The number of carbonyl (C=O) groups excluding carboxylic acids is 4. The molecule has 0 radical (unpaired) electrons. The predicted octanol–water partition coefficient (Wildman–Crippen LogP) is 3.72. The van der Waals surface area contributed by atoms with Crippen LogP contribution in [0.2, 0.25) is 0 Å². The van der Waals surface area contributed by atoms with Gasteiger partial charge in [0.25, 0.3) is 0 Å². The second kappa shape index (κ2) is 7.80. The van der Waals surface area contributed by atoms with E-state index in [4.69, 9.17) is 9.47 Å². The van der Waals surface area contributed by atoms with Gasteiger partial charge in [-0.25, -0.2) is 0 Å². The second-order valence-corrected chi connectivity index (χ2v) is 8.42. The fraction of sp³-hybridized carbons (Fsp3) is 0.417. The van der Waals surface area contributed by atoms with Crippen molar-refractivity contribution in [2.75, 3.05) is 0 Å². The first-order valence-electron chi connectivity index (χ1n) is 10.1. The van der Waals surface area contributed by atoms with Crippen LogP contribution in [0.1, 0.15) is 54.4 Å². The molecule has 0 aromatic rings. The summed E-state index contributed by atoms with van der Waals surface area (Å²) in [6.07, 6.45) is 2.89. The summed E-state index contributed by atoms with van der Waals surface area (Å²) < 4.78 is 10.6. The molecule has 0 aromatic heterocycles. The number of allylic oxidation sites excluding steroid dienone is 7. The minimum absolute atomic E-state index is 0.0252. The van der Waals surface area contributed by atoms with Crippen molar-refractivity contribution in [2.45, 2.75) is 60.5 Å². The zero-order valence-corrected chi connectivity index (χ0v) is 18.5. The standard InChI is InChI=1S/C24H26O7/c1-11(30-14(4)25)9-17-21(28)22(29)20-16(23(17)31-15(5)26)7-8-18-12(2)13(3)19(27)10-24(18,20)6/h7-8,11,29H,9-10H2,1-6H3/t11-,24+/m1/s1. The summed E-state index contributed by atoms with van der Waals surface area (Å²) in [6.45, 7) is 9.48. The third-order valence-electron chi connectivity index (χ3n) is 6.08. The molecule has 0 saturated heterocycles. The smallest absolute Gasteiger partial charge is 0.308 e. The molecule has 31 heavy (non-hydrogen) atoms. The van der Waals surface area contributed by atoms with Gasteiger partial charge in [0.1, 0.15) is 11.9 Å². The third kappa shape index (κ3) is 3.69. The molecule has 0 aromatic carbocycles. The molecule has 0 saturated carbocycles. The highest BCUT2D eigenvalue weighted by atomic mass is 16.5. The van der Waals surface area contributed by atoms with E-state index in [-0.39, 0.29) is 35.5 Å². The number of hydrogen-bond donors (Lipinski definition) is 1. The van der Waals surface area contributed by atoms with E-state index >= 15 is 0 Å². The molecular formula is C24H26O7. The molecule has 3 aliphatic carbocycles. The molecule has 7 heteroatoms. The van der Waals surface area contributed by atoms with Gasteiger partial charge in [-0.15, -0.1) is 0 Å². The van der Waals surface area contributed by atoms with Crippen molar-refractivity contribution in [1.29, 1.82) is 0 Å². The lowest BCUT2D eigenvalue weighted by Gasteiger charge is -2.43. The first-order valence-corrected chi connectivity index (χ1v) is 10.1. The van der Waals surface area contributed by atoms with Gasteiger partial charge >= 0.3 is 11.9 Å². The lowest BCUT2D eigenvalue weighted by molar-refractivity contribution is -0.146. The van der Waals surface area contributed by atoms with Gasteiger partial charge in [-0.05, 0) is 37.5 Å². The third-order valence-corrected chi connectivity index (χ3v) is 6.08. The molecule has 0 heterocycles. The van der Waals surface area contributed by atoms with Gasteiger partial charge < -0.3 is 14.6 Å². The van der Waals surface area contributed by atoms with Crippen LogP contribution >= 0.6 is 0 Å². The van der Waals surface area contributed by atoms with E-state index in [1.807, 2.05) is 13.0 Å². The van der Waals surface area contributed by atoms with Crippen molar-refractivity contribution in [3.05, 3.63) is 57.1 Å². The van der Waals surface area contributed by atoms with Gasteiger partial charge in [0, 0.05) is 43.3 Å². The van der Waals surface area contributed by atoms with E-state index in [9.17, 15) is 24.3 Å². The van der Waals surface area contributed by atoms with Crippen LogP contribution in [-0.2, 0) is 28.7 Å². The maximum absolute atomic E-state index is 13.2. The van der Waals surface area contributed by atoms with Crippen LogP contribution in [0.3, 0.4) is 0 Å². The van der Waals surface area contributed by atoms with Gasteiger partial charge in [0.2, 0.25) is 5.78 Å². The molecule has 0 fully saturated rings. The van der Waals surface area contributed by atoms with E-state index in [0.29, 0.717) is 11.1 Å². The number of esters is 2. The lowest BCUT2D eigenvalue weighted by Crippen LogP contribution is -2.38. The molecule has 1 N–H and O–H groups in total. The lowest BCUT2D eigenvalue weighted by atomic mass is 9.59. The second-order valence-electron chi connectivity index (χ2n) is 8.42. The predicted molar refractivity (Wildman–Crippen MR) is 112 cm³/mol. The van der Waals surface area contributed by atoms with E-state index in [1.165, 1.54) is 13.8 Å². The summed E-state index contributed by atoms with van der Waals surface area (Å²) in [7, 11) is 0. The first kappa shape index (κ1) is 22.5. The number of aliphatic hydroxyl groups excluding tert-OH is 1. The zero-order chi connectivity index (χ0) is 23.2. The number of fused-ring (bicyclic) bond motifs is 3. The van der Waals surface area contributed by atoms with Crippen molar-refractivity contribution >= 4 is 23.5 Å². The topological polar surface area (TPSA) is 107 Å². The minimum atomic E-state index is -0.942. The van der Waals surface area contributed by atoms with Gasteiger partial charge in [0.15, 0.2) is 11.5 Å². The summed E-state index contributed by atoms with van der Waals surface area (Å²) in [4.78, 5) is 49.0. The quantitative estimate of drug-likeness (QED) is 0.683. The Morgan fingerprint density at radius 2 is 1.77 bits per heavy atom. The van der Waals surface area contributed by atoms with E-state index in [2.05, 4.69) is 0 Å². The number of carbonyl (C=O) groups is 4. The maximum Gasteiger partial charge on any atom is 0.308 e. The Hall–Kier alpha value is -3.22. The molecule has 0 amide bonds. The van der Waals surface area contributed by atoms with Crippen molar-refractivity contribution in [3.8, 4) is 0 Å². The van der Waals surface area contributed by atoms with Crippen LogP contribution in [0.5, 0.6) is 0 Å². The van der Waals surface area contributed by atoms with Crippen molar-refractivity contribution in [1.82, 2.24) is 0 Å². The van der Waals surface area contributed by atoms with Crippen LogP contribution in [0.15, 0.2) is 57.1 Å². The van der Waals surface area contributed by atoms with E-state index < -0.39 is 35.0 Å². The van der Waals surface area contributed by atoms with Crippen molar-refractivity contribution in [3.63, 3.8) is 0 Å².